The second-order valence-corrected chi connectivity index (χ2v) is 6.93. The van der Waals surface area contributed by atoms with Crippen LogP contribution in [0, 0.1) is 6.92 Å². The SMILES string of the molecule is CCS[C@H]1CC[C@@H](N(C)C(=O)c2c[nH]c(=O)cc2C)C1. The number of carbonyl (C=O) groups excluding carboxylic acids is 1. The topological polar surface area (TPSA) is 53.2 Å². The number of thioether (sulfide) groups is 1. The largest absolute Gasteiger partial charge is 0.339 e. The van der Waals surface area contributed by atoms with E-state index in [2.05, 4.69) is 11.9 Å². The van der Waals surface area contributed by atoms with Gasteiger partial charge in [-0.1, -0.05) is 6.92 Å². The molecule has 0 saturated heterocycles. The molecule has 1 aliphatic rings. The molecule has 0 unspecified atom stereocenters. The number of carbonyl (C=O) groups is 1. The minimum atomic E-state index is -0.165. The molecule has 2 rings (SSSR count). The average molecular weight is 294 g/mol. The highest BCUT2D eigenvalue weighted by Crippen LogP contribution is 2.32. The Morgan fingerprint density at radius 3 is 2.90 bits per heavy atom. The summed E-state index contributed by atoms with van der Waals surface area (Å²) in [6, 6.07) is 1.80. The van der Waals surface area contributed by atoms with Crippen molar-refractivity contribution in [2.24, 2.45) is 0 Å². The molecule has 1 fully saturated rings. The van der Waals surface area contributed by atoms with E-state index < -0.39 is 0 Å². The molecule has 4 nitrogen and oxygen atoms in total. The molecule has 0 bridgehead atoms. The van der Waals surface area contributed by atoms with Crippen molar-refractivity contribution in [3.05, 3.63) is 33.7 Å². The van der Waals surface area contributed by atoms with Gasteiger partial charge in [0.1, 0.15) is 0 Å². The lowest BCUT2D eigenvalue weighted by Crippen LogP contribution is -2.36. The zero-order valence-electron chi connectivity index (χ0n) is 12.3. The first kappa shape index (κ1) is 15.2. The third kappa shape index (κ3) is 3.26. The Labute approximate surface area is 124 Å². The third-order valence-corrected chi connectivity index (χ3v) is 5.22. The molecule has 0 spiro atoms. The lowest BCUT2D eigenvalue weighted by Gasteiger charge is -2.25. The fourth-order valence-corrected chi connectivity index (χ4v) is 3.95. The number of aromatic nitrogens is 1. The molecule has 1 amide bonds. The van der Waals surface area contributed by atoms with Gasteiger partial charge in [-0.25, -0.2) is 0 Å². The van der Waals surface area contributed by atoms with E-state index in [0.717, 1.165) is 24.2 Å². The van der Waals surface area contributed by atoms with Crippen LogP contribution in [0.2, 0.25) is 0 Å². The number of pyridine rings is 1. The van der Waals surface area contributed by atoms with Gasteiger partial charge in [0.15, 0.2) is 0 Å². The summed E-state index contributed by atoms with van der Waals surface area (Å²) in [5.74, 6) is 1.14. The molecule has 1 aliphatic carbocycles. The van der Waals surface area contributed by atoms with Crippen LogP contribution in [-0.2, 0) is 0 Å². The number of rotatable bonds is 4. The summed E-state index contributed by atoms with van der Waals surface area (Å²) >= 11 is 1.99. The summed E-state index contributed by atoms with van der Waals surface area (Å²) in [7, 11) is 1.87. The summed E-state index contributed by atoms with van der Waals surface area (Å²) < 4.78 is 0. The number of hydrogen-bond acceptors (Lipinski definition) is 3. The second-order valence-electron chi connectivity index (χ2n) is 5.35. The van der Waals surface area contributed by atoms with E-state index in [4.69, 9.17) is 0 Å². The van der Waals surface area contributed by atoms with E-state index in [1.165, 1.54) is 18.7 Å². The molecule has 1 aromatic heterocycles. The third-order valence-electron chi connectivity index (χ3n) is 3.99. The predicted molar refractivity (Wildman–Crippen MR) is 83.5 cm³/mol. The Kier molecular flexibility index (Phi) is 4.91. The maximum atomic E-state index is 12.5. The van der Waals surface area contributed by atoms with Gasteiger partial charge in [0.05, 0.1) is 5.56 Å². The number of aromatic amines is 1. The Hall–Kier alpha value is -1.23. The summed E-state index contributed by atoms with van der Waals surface area (Å²) in [6.45, 7) is 3.98. The summed E-state index contributed by atoms with van der Waals surface area (Å²) in [5.41, 5.74) is 1.17. The molecule has 1 aromatic rings. The molecule has 1 heterocycles. The van der Waals surface area contributed by atoms with Crippen molar-refractivity contribution in [3.63, 3.8) is 0 Å². The average Bonchev–Trinajstić information content (AvgIpc) is 2.86. The van der Waals surface area contributed by atoms with Crippen molar-refractivity contribution >= 4 is 17.7 Å². The normalized spacial score (nSPS) is 21.9. The van der Waals surface area contributed by atoms with Crippen molar-refractivity contribution in [2.75, 3.05) is 12.8 Å². The van der Waals surface area contributed by atoms with Gasteiger partial charge in [-0.3, -0.25) is 9.59 Å². The Morgan fingerprint density at radius 1 is 1.50 bits per heavy atom. The summed E-state index contributed by atoms with van der Waals surface area (Å²) in [4.78, 5) is 28.2. The molecule has 20 heavy (non-hydrogen) atoms. The van der Waals surface area contributed by atoms with Crippen LogP contribution in [0.1, 0.15) is 42.1 Å². The second kappa shape index (κ2) is 6.48. The minimum Gasteiger partial charge on any atom is -0.339 e. The highest BCUT2D eigenvalue weighted by atomic mass is 32.2. The summed E-state index contributed by atoms with van der Waals surface area (Å²) in [6.07, 6.45) is 4.86. The van der Waals surface area contributed by atoms with Gasteiger partial charge in [-0.05, 0) is 37.5 Å². The van der Waals surface area contributed by atoms with Gasteiger partial charge in [0, 0.05) is 30.6 Å². The molecular weight excluding hydrogens is 272 g/mol. The zero-order valence-corrected chi connectivity index (χ0v) is 13.1. The molecule has 0 radical (unpaired) electrons. The van der Waals surface area contributed by atoms with Gasteiger partial charge < -0.3 is 9.88 Å². The number of nitrogens with one attached hydrogen (secondary N) is 1. The van der Waals surface area contributed by atoms with E-state index in [0.29, 0.717) is 16.9 Å². The van der Waals surface area contributed by atoms with Crippen molar-refractivity contribution in [3.8, 4) is 0 Å². The van der Waals surface area contributed by atoms with Gasteiger partial charge in [0.2, 0.25) is 5.56 Å². The first-order valence-electron chi connectivity index (χ1n) is 7.11. The van der Waals surface area contributed by atoms with Crippen LogP contribution in [0.5, 0.6) is 0 Å². The number of hydrogen-bond donors (Lipinski definition) is 1. The Bertz CT molecular complexity index is 541. The maximum absolute atomic E-state index is 12.5. The number of amides is 1. The van der Waals surface area contributed by atoms with Crippen molar-refractivity contribution in [1.82, 2.24) is 9.88 Å². The monoisotopic (exact) mass is 294 g/mol. The van der Waals surface area contributed by atoms with E-state index in [1.807, 2.05) is 23.7 Å². The molecular formula is C15H22N2O2S. The highest BCUT2D eigenvalue weighted by Gasteiger charge is 2.30. The molecule has 1 N–H and O–H groups in total. The van der Waals surface area contributed by atoms with E-state index >= 15 is 0 Å². The smallest absolute Gasteiger partial charge is 0.255 e. The fourth-order valence-electron chi connectivity index (χ4n) is 2.82. The molecule has 0 aliphatic heterocycles. The Morgan fingerprint density at radius 2 is 2.25 bits per heavy atom. The fraction of sp³-hybridized carbons (Fsp3) is 0.600. The standard InChI is InChI=1S/C15H22N2O2S/c1-4-20-12-6-5-11(8-12)17(3)15(19)13-9-16-14(18)7-10(13)2/h7,9,11-12H,4-6,8H2,1-3H3,(H,16,18)/t11-,12+/m1/s1. The lowest BCUT2D eigenvalue weighted by atomic mass is 10.1. The zero-order chi connectivity index (χ0) is 14.7. The number of aryl methyl sites for hydroxylation is 1. The maximum Gasteiger partial charge on any atom is 0.255 e. The molecule has 2 atom stereocenters. The van der Waals surface area contributed by atoms with E-state index in [1.54, 1.807) is 6.92 Å². The van der Waals surface area contributed by atoms with Crippen molar-refractivity contribution in [2.45, 2.75) is 44.4 Å². The summed E-state index contributed by atoms with van der Waals surface area (Å²) in [5, 5.41) is 0.678. The van der Waals surface area contributed by atoms with E-state index in [9.17, 15) is 9.59 Å². The van der Waals surface area contributed by atoms with Crippen LogP contribution in [0.25, 0.3) is 0 Å². The predicted octanol–water partition coefficient (Wildman–Crippen LogP) is 2.43. The molecule has 1 saturated carbocycles. The molecule has 0 aromatic carbocycles. The first-order chi connectivity index (χ1) is 9.52. The highest BCUT2D eigenvalue weighted by molar-refractivity contribution is 7.99. The quantitative estimate of drug-likeness (QED) is 0.928. The van der Waals surface area contributed by atoms with Gasteiger partial charge in [-0.15, -0.1) is 0 Å². The Balaban J connectivity index is 2.07. The van der Waals surface area contributed by atoms with Crippen LogP contribution in [0.15, 0.2) is 17.1 Å². The van der Waals surface area contributed by atoms with Crippen LogP contribution in [0.3, 0.4) is 0 Å². The van der Waals surface area contributed by atoms with Crippen molar-refractivity contribution in [1.29, 1.82) is 0 Å². The van der Waals surface area contributed by atoms with Crippen LogP contribution in [-0.4, -0.2) is 39.9 Å². The minimum absolute atomic E-state index is 0.00546. The number of nitrogens with zero attached hydrogens (tertiary/aromatic N) is 1. The van der Waals surface area contributed by atoms with Gasteiger partial charge >= 0.3 is 0 Å². The van der Waals surface area contributed by atoms with Crippen LogP contribution >= 0.6 is 11.8 Å². The number of H-pyrrole nitrogens is 1. The lowest BCUT2D eigenvalue weighted by molar-refractivity contribution is 0.0734. The van der Waals surface area contributed by atoms with Gasteiger partial charge in [-0.2, -0.15) is 11.8 Å². The van der Waals surface area contributed by atoms with Gasteiger partial charge in [0.25, 0.3) is 5.91 Å². The van der Waals surface area contributed by atoms with Crippen LogP contribution < -0.4 is 5.56 Å². The molecule has 110 valence electrons. The molecule has 5 heteroatoms. The van der Waals surface area contributed by atoms with Crippen LogP contribution in [0.4, 0.5) is 0 Å². The van der Waals surface area contributed by atoms with Crippen molar-refractivity contribution < 1.29 is 4.79 Å². The van der Waals surface area contributed by atoms with E-state index in [-0.39, 0.29) is 11.5 Å². The first-order valence-corrected chi connectivity index (χ1v) is 8.16.